The van der Waals surface area contributed by atoms with Gasteiger partial charge in [0.1, 0.15) is 5.75 Å². The summed E-state index contributed by atoms with van der Waals surface area (Å²) in [6.45, 7) is 2.25. The van der Waals surface area contributed by atoms with Gasteiger partial charge in [-0.1, -0.05) is 0 Å². The number of likely N-dealkylation sites (N-methyl/N-ethyl adjacent to an activating group) is 1. The molecule has 0 aromatic heterocycles. The number of nitrogens with one attached hydrogen (secondary N) is 1. The smallest absolute Gasteiger partial charge is 0.269 e. The van der Waals surface area contributed by atoms with Crippen LogP contribution < -0.4 is 15.8 Å². The van der Waals surface area contributed by atoms with Crippen LogP contribution in [0.15, 0.2) is 24.3 Å². The average Bonchev–Trinajstić information content (AvgIpc) is 2.46. The molecule has 1 atom stereocenters. The van der Waals surface area contributed by atoms with Crippen LogP contribution in [0.3, 0.4) is 0 Å². The second kappa shape index (κ2) is 7.58. The molecule has 3 N–H and O–H groups in total. The van der Waals surface area contributed by atoms with Gasteiger partial charge in [-0.2, -0.15) is 0 Å². The number of amides is 1. The quantitative estimate of drug-likeness (QED) is 0.409. The summed E-state index contributed by atoms with van der Waals surface area (Å²) in [7, 11) is 1.71. The van der Waals surface area contributed by atoms with Gasteiger partial charge in [-0.15, -0.1) is 0 Å². The predicted octanol–water partition coefficient (Wildman–Crippen LogP) is 1.61. The maximum absolute atomic E-state index is 11.3. The van der Waals surface area contributed by atoms with Crippen LogP contribution in [0, 0.1) is 10.1 Å². The summed E-state index contributed by atoms with van der Waals surface area (Å²) in [6, 6.07) is 5.94. The fraction of sp³-hybridized carbons (Fsp3) is 0.500. The summed E-state index contributed by atoms with van der Waals surface area (Å²) in [5.41, 5.74) is 4.67. The molecule has 0 aliphatic rings. The molecule has 0 spiro atoms. The lowest BCUT2D eigenvalue weighted by molar-refractivity contribution is -0.384. The second-order valence-electron chi connectivity index (χ2n) is 5.00. The highest BCUT2D eigenvalue weighted by atomic mass is 16.6. The van der Waals surface area contributed by atoms with E-state index >= 15 is 0 Å². The Morgan fingerprint density at radius 2 is 2.00 bits per heavy atom. The minimum atomic E-state index is -0.701. The van der Waals surface area contributed by atoms with E-state index in [1.165, 1.54) is 12.1 Å². The van der Waals surface area contributed by atoms with Gasteiger partial charge < -0.3 is 15.8 Å². The Morgan fingerprint density at radius 1 is 1.38 bits per heavy atom. The van der Waals surface area contributed by atoms with Crippen molar-refractivity contribution in [1.82, 2.24) is 5.32 Å². The lowest BCUT2D eigenvalue weighted by Gasteiger charge is -2.25. The van der Waals surface area contributed by atoms with Crippen LogP contribution in [-0.4, -0.2) is 30.0 Å². The normalized spacial score (nSPS) is 13.4. The maximum atomic E-state index is 11.3. The highest BCUT2D eigenvalue weighted by Gasteiger charge is 2.27. The summed E-state index contributed by atoms with van der Waals surface area (Å²) >= 11 is 0. The standard InChI is InChI=1S/C14H21N3O4/c1-14(16-2,13(15)18)9-3-4-10-21-12-7-5-11(6-8-12)17(19)20/h5-8,16H,3-4,9-10H2,1-2H3,(H2,15,18). The molecule has 1 amide bonds. The van der Waals surface area contributed by atoms with Crippen molar-refractivity contribution in [1.29, 1.82) is 0 Å². The average molecular weight is 295 g/mol. The molecule has 1 aromatic rings. The number of primary amides is 1. The molecule has 1 aromatic carbocycles. The molecule has 116 valence electrons. The van der Waals surface area contributed by atoms with Crippen molar-refractivity contribution in [2.75, 3.05) is 13.7 Å². The topological polar surface area (TPSA) is 107 Å². The Labute approximate surface area is 123 Å². The van der Waals surface area contributed by atoms with Gasteiger partial charge in [0, 0.05) is 12.1 Å². The number of nitro benzene ring substituents is 1. The Kier molecular flexibility index (Phi) is 6.10. The first-order valence-electron chi connectivity index (χ1n) is 6.75. The Bertz CT molecular complexity index is 489. The molecule has 0 saturated heterocycles. The molecular formula is C14H21N3O4. The van der Waals surface area contributed by atoms with Gasteiger partial charge in [-0.25, -0.2) is 0 Å². The molecule has 0 bridgehead atoms. The lowest BCUT2D eigenvalue weighted by atomic mass is 9.94. The number of non-ortho nitro benzene ring substituents is 1. The molecule has 0 fully saturated rings. The van der Waals surface area contributed by atoms with Crippen molar-refractivity contribution in [3.05, 3.63) is 34.4 Å². The number of carbonyl (C=O) groups is 1. The third-order valence-electron chi connectivity index (χ3n) is 3.48. The van der Waals surface area contributed by atoms with Crippen LogP contribution in [0.1, 0.15) is 26.2 Å². The molecule has 0 aliphatic heterocycles. The number of rotatable bonds is 9. The number of ether oxygens (including phenoxy) is 1. The highest BCUT2D eigenvalue weighted by molar-refractivity contribution is 5.84. The Morgan fingerprint density at radius 3 is 2.48 bits per heavy atom. The highest BCUT2D eigenvalue weighted by Crippen LogP contribution is 2.18. The van der Waals surface area contributed by atoms with E-state index in [0.717, 1.165) is 12.8 Å². The first-order valence-corrected chi connectivity index (χ1v) is 6.75. The number of nitrogens with zero attached hydrogens (tertiary/aromatic N) is 1. The molecule has 0 radical (unpaired) electrons. The summed E-state index contributed by atoms with van der Waals surface area (Å²) in [5, 5.41) is 13.4. The second-order valence-corrected chi connectivity index (χ2v) is 5.00. The molecule has 0 saturated carbocycles. The van der Waals surface area contributed by atoms with Gasteiger partial charge in [0.2, 0.25) is 5.91 Å². The van der Waals surface area contributed by atoms with Gasteiger partial charge in [0.25, 0.3) is 5.69 Å². The van der Waals surface area contributed by atoms with E-state index in [-0.39, 0.29) is 11.6 Å². The Balaban J connectivity index is 2.31. The van der Waals surface area contributed by atoms with E-state index in [4.69, 9.17) is 10.5 Å². The first kappa shape index (κ1) is 16.9. The molecule has 1 unspecified atom stereocenters. The van der Waals surface area contributed by atoms with E-state index in [9.17, 15) is 14.9 Å². The molecule has 1 rings (SSSR count). The van der Waals surface area contributed by atoms with Crippen LogP contribution in [0.5, 0.6) is 5.75 Å². The molecule has 0 heterocycles. The van der Waals surface area contributed by atoms with Crippen LogP contribution >= 0.6 is 0 Å². The number of unbranched alkanes of at least 4 members (excludes halogenated alkanes) is 1. The van der Waals surface area contributed by atoms with Crippen LogP contribution in [0.25, 0.3) is 0 Å². The molecule has 21 heavy (non-hydrogen) atoms. The Hall–Kier alpha value is -2.15. The number of carbonyl (C=O) groups excluding carboxylic acids is 1. The number of hydrogen-bond donors (Lipinski definition) is 2. The van der Waals surface area contributed by atoms with Crippen molar-refractivity contribution < 1.29 is 14.5 Å². The van der Waals surface area contributed by atoms with E-state index in [1.807, 2.05) is 0 Å². The minimum Gasteiger partial charge on any atom is -0.494 e. The number of nitro groups is 1. The van der Waals surface area contributed by atoms with Crippen LogP contribution in [0.4, 0.5) is 5.69 Å². The van der Waals surface area contributed by atoms with Crippen molar-refractivity contribution in [2.24, 2.45) is 5.73 Å². The van der Waals surface area contributed by atoms with Gasteiger partial charge >= 0.3 is 0 Å². The predicted molar refractivity (Wildman–Crippen MR) is 79.1 cm³/mol. The van der Waals surface area contributed by atoms with Crippen molar-refractivity contribution in [2.45, 2.75) is 31.7 Å². The zero-order valence-corrected chi connectivity index (χ0v) is 12.3. The van der Waals surface area contributed by atoms with Crippen LogP contribution in [0.2, 0.25) is 0 Å². The first-order chi connectivity index (χ1) is 9.89. The SMILES string of the molecule is CNC(C)(CCCCOc1ccc([N+](=O)[O-])cc1)C(N)=O. The molecule has 7 nitrogen and oxygen atoms in total. The summed E-state index contributed by atoms with van der Waals surface area (Å²) in [5.74, 6) is 0.216. The van der Waals surface area contributed by atoms with E-state index in [0.29, 0.717) is 18.8 Å². The third kappa shape index (κ3) is 5.03. The van der Waals surface area contributed by atoms with Gasteiger partial charge in [0.15, 0.2) is 0 Å². The fourth-order valence-electron chi connectivity index (χ4n) is 1.81. The number of benzene rings is 1. The largest absolute Gasteiger partial charge is 0.494 e. The summed E-state index contributed by atoms with van der Waals surface area (Å²) < 4.78 is 5.49. The van der Waals surface area contributed by atoms with Gasteiger partial charge in [-0.05, 0) is 45.4 Å². The van der Waals surface area contributed by atoms with Crippen molar-refractivity contribution >= 4 is 11.6 Å². The fourth-order valence-corrected chi connectivity index (χ4v) is 1.81. The minimum absolute atomic E-state index is 0.0357. The van der Waals surface area contributed by atoms with Crippen molar-refractivity contribution in [3.8, 4) is 5.75 Å². The number of hydrogen-bond acceptors (Lipinski definition) is 5. The van der Waals surface area contributed by atoms with Gasteiger partial charge in [-0.3, -0.25) is 14.9 Å². The lowest BCUT2D eigenvalue weighted by Crippen LogP contribution is -2.51. The zero-order chi connectivity index (χ0) is 15.9. The molecule has 0 aliphatic carbocycles. The van der Waals surface area contributed by atoms with Crippen molar-refractivity contribution in [3.63, 3.8) is 0 Å². The molecular weight excluding hydrogens is 274 g/mol. The summed E-state index contributed by atoms with van der Waals surface area (Å²) in [4.78, 5) is 21.4. The maximum Gasteiger partial charge on any atom is 0.269 e. The van der Waals surface area contributed by atoms with E-state index < -0.39 is 10.5 Å². The third-order valence-corrected chi connectivity index (χ3v) is 3.48. The zero-order valence-electron chi connectivity index (χ0n) is 12.3. The molecule has 7 heteroatoms. The monoisotopic (exact) mass is 295 g/mol. The number of nitrogens with two attached hydrogens (primary N) is 1. The van der Waals surface area contributed by atoms with E-state index in [1.54, 1.807) is 26.1 Å². The summed E-state index contributed by atoms with van der Waals surface area (Å²) in [6.07, 6.45) is 2.18. The van der Waals surface area contributed by atoms with Gasteiger partial charge in [0.05, 0.1) is 17.1 Å². The van der Waals surface area contributed by atoms with E-state index in [2.05, 4.69) is 5.32 Å². The van der Waals surface area contributed by atoms with Crippen LogP contribution in [-0.2, 0) is 4.79 Å².